The molecule has 22 heavy (non-hydrogen) atoms. The first-order valence-corrected chi connectivity index (χ1v) is 7.50. The maximum absolute atomic E-state index is 12.3. The van der Waals surface area contributed by atoms with E-state index in [2.05, 4.69) is 24.5 Å². The largest absolute Gasteiger partial charge is 0.497 e. The van der Waals surface area contributed by atoms with Gasteiger partial charge in [0.2, 0.25) is 0 Å². The van der Waals surface area contributed by atoms with Crippen LogP contribution in [0.2, 0.25) is 0 Å². The van der Waals surface area contributed by atoms with Crippen molar-refractivity contribution in [3.05, 3.63) is 53.6 Å². The zero-order valence-corrected chi connectivity index (χ0v) is 13.3. The van der Waals surface area contributed by atoms with Gasteiger partial charge in [-0.15, -0.1) is 0 Å². The van der Waals surface area contributed by atoms with Gasteiger partial charge in [0, 0.05) is 17.4 Å². The number of anilines is 2. The fraction of sp³-hybridized carbons (Fsp3) is 0.278. The summed E-state index contributed by atoms with van der Waals surface area (Å²) in [4.78, 5) is 12.3. The molecule has 4 heteroatoms. The number of carbonyl (C=O) groups excluding carboxylic acids is 1. The average Bonchev–Trinajstić information content (AvgIpc) is 2.55. The Hall–Kier alpha value is -2.49. The van der Waals surface area contributed by atoms with Crippen molar-refractivity contribution in [2.75, 3.05) is 17.7 Å². The molecule has 0 heterocycles. The molecule has 0 unspecified atom stereocenters. The standard InChI is InChI=1S/C18H22N2O2/c1-4-13-8-6-9-14(5-2)17(13)20-18(21)19-15-10-7-11-16(12-15)22-3/h6-12H,4-5H2,1-3H3,(H2,19,20,21). The number of nitrogens with one attached hydrogen (secondary N) is 2. The topological polar surface area (TPSA) is 50.4 Å². The van der Waals surface area contributed by atoms with Gasteiger partial charge in [0.15, 0.2) is 0 Å². The van der Waals surface area contributed by atoms with Gasteiger partial charge >= 0.3 is 6.03 Å². The van der Waals surface area contributed by atoms with Gasteiger partial charge in [0.25, 0.3) is 0 Å². The summed E-state index contributed by atoms with van der Waals surface area (Å²) in [5.41, 5.74) is 3.89. The van der Waals surface area contributed by atoms with Gasteiger partial charge in [-0.2, -0.15) is 0 Å². The number of aryl methyl sites for hydroxylation is 2. The number of hydrogen-bond donors (Lipinski definition) is 2. The summed E-state index contributed by atoms with van der Waals surface area (Å²) in [6, 6.07) is 13.2. The fourth-order valence-corrected chi connectivity index (χ4v) is 2.38. The quantitative estimate of drug-likeness (QED) is 0.856. The molecule has 0 fully saturated rings. The van der Waals surface area contributed by atoms with E-state index >= 15 is 0 Å². The van der Waals surface area contributed by atoms with Crippen molar-refractivity contribution in [3.63, 3.8) is 0 Å². The molecular weight excluding hydrogens is 276 g/mol. The van der Waals surface area contributed by atoms with Crippen LogP contribution in [0.15, 0.2) is 42.5 Å². The molecule has 0 saturated carbocycles. The maximum Gasteiger partial charge on any atom is 0.323 e. The van der Waals surface area contributed by atoms with E-state index in [1.54, 1.807) is 13.2 Å². The van der Waals surface area contributed by atoms with Gasteiger partial charge in [0.1, 0.15) is 5.75 Å². The number of carbonyl (C=O) groups is 1. The molecule has 2 N–H and O–H groups in total. The van der Waals surface area contributed by atoms with Crippen LogP contribution < -0.4 is 15.4 Å². The Labute approximate surface area is 131 Å². The molecular formula is C18H22N2O2. The Balaban J connectivity index is 2.15. The molecule has 4 nitrogen and oxygen atoms in total. The van der Waals surface area contributed by atoms with E-state index in [1.165, 1.54) is 0 Å². The molecule has 0 spiro atoms. The van der Waals surface area contributed by atoms with Crippen LogP contribution in [0.3, 0.4) is 0 Å². The number of ether oxygens (including phenoxy) is 1. The summed E-state index contributed by atoms with van der Waals surface area (Å²) in [5.74, 6) is 0.709. The summed E-state index contributed by atoms with van der Waals surface area (Å²) in [7, 11) is 1.60. The highest BCUT2D eigenvalue weighted by atomic mass is 16.5. The molecule has 0 aliphatic rings. The van der Waals surface area contributed by atoms with E-state index < -0.39 is 0 Å². The van der Waals surface area contributed by atoms with Gasteiger partial charge in [-0.25, -0.2) is 4.79 Å². The molecule has 2 amide bonds. The van der Waals surface area contributed by atoms with Crippen molar-refractivity contribution >= 4 is 17.4 Å². The van der Waals surface area contributed by atoms with E-state index in [-0.39, 0.29) is 6.03 Å². The third-order valence-electron chi connectivity index (χ3n) is 3.56. The first-order chi connectivity index (χ1) is 10.7. The molecule has 0 bridgehead atoms. The minimum atomic E-state index is -0.246. The first kappa shape index (κ1) is 15.9. The lowest BCUT2D eigenvalue weighted by molar-refractivity contribution is 0.262. The Morgan fingerprint density at radius 2 is 1.64 bits per heavy atom. The lowest BCUT2D eigenvalue weighted by Gasteiger charge is -2.15. The van der Waals surface area contributed by atoms with Crippen molar-refractivity contribution < 1.29 is 9.53 Å². The Morgan fingerprint density at radius 1 is 1.00 bits per heavy atom. The van der Waals surface area contributed by atoms with E-state index in [4.69, 9.17) is 4.74 Å². The number of methoxy groups -OCH3 is 1. The number of hydrogen-bond acceptors (Lipinski definition) is 2. The molecule has 2 aromatic carbocycles. The number of para-hydroxylation sites is 1. The minimum Gasteiger partial charge on any atom is -0.497 e. The highest BCUT2D eigenvalue weighted by Crippen LogP contribution is 2.23. The van der Waals surface area contributed by atoms with Gasteiger partial charge in [-0.1, -0.05) is 38.1 Å². The summed E-state index contributed by atoms with van der Waals surface area (Å²) >= 11 is 0. The lowest BCUT2D eigenvalue weighted by atomic mass is 10.0. The fourth-order valence-electron chi connectivity index (χ4n) is 2.38. The summed E-state index contributed by atoms with van der Waals surface area (Å²) in [6.07, 6.45) is 1.76. The zero-order chi connectivity index (χ0) is 15.9. The molecule has 0 radical (unpaired) electrons. The number of urea groups is 1. The predicted molar refractivity (Wildman–Crippen MR) is 90.8 cm³/mol. The summed E-state index contributed by atoms with van der Waals surface area (Å²) < 4.78 is 5.16. The SMILES string of the molecule is CCc1cccc(CC)c1NC(=O)Nc1cccc(OC)c1. The third kappa shape index (κ3) is 3.79. The van der Waals surface area contributed by atoms with Crippen LogP contribution in [0, 0.1) is 0 Å². The van der Waals surface area contributed by atoms with Crippen LogP contribution in [-0.4, -0.2) is 13.1 Å². The average molecular weight is 298 g/mol. The van der Waals surface area contributed by atoms with Crippen LogP contribution >= 0.6 is 0 Å². The molecule has 2 rings (SSSR count). The normalized spacial score (nSPS) is 10.1. The summed E-state index contributed by atoms with van der Waals surface area (Å²) in [6.45, 7) is 4.17. The Kier molecular flexibility index (Phi) is 5.42. The smallest absolute Gasteiger partial charge is 0.323 e. The third-order valence-corrected chi connectivity index (χ3v) is 3.56. The van der Waals surface area contributed by atoms with E-state index in [0.29, 0.717) is 11.4 Å². The van der Waals surface area contributed by atoms with E-state index in [0.717, 1.165) is 29.7 Å². The minimum absolute atomic E-state index is 0.246. The molecule has 0 aromatic heterocycles. The van der Waals surface area contributed by atoms with Gasteiger partial charge in [0.05, 0.1) is 7.11 Å². The molecule has 0 saturated heterocycles. The van der Waals surface area contributed by atoms with Crippen LogP contribution in [-0.2, 0) is 12.8 Å². The van der Waals surface area contributed by atoms with Crippen molar-refractivity contribution in [1.29, 1.82) is 0 Å². The zero-order valence-electron chi connectivity index (χ0n) is 13.3. The van der Waals surface area contributed by atoms with Crippen molar-refractivity contribution in [2.45, 2.75) is 26.7 Å². The number of rotatable bonds is 5. The van der Waals surface area contributed by atoms with Crippen molar-refractivity contribution in [2.24, 2.45) is 0 Å². The second kappa shape index (κ2) is 7.50. The highest BCUT2D eigenvalue weighted by molar-refractivity contribution is 6.00. The molecule has 0 aliphatic heterocycles. The molecule has 116 valence electrons. The molecule has 0 aliphatic carbocycles. The number of amides is 2. The van der Waals surface area contributed by atoms with Crippen LogP contribution in [0.4, 0.5) is 16.2 Å². The van der Waals surface area contributed by atoms with E-state index in [1.807, 2.05) is 36.4 Å². The Bertz CT molecular complexity index is 631. The highest BCUT2D eigenvalue weighted by Gasteiger charge is 2.10. The lowest BCUT2D eigenvalue weighted by Crippen LogP contribution is -2.21. The van der Waals surface area contributed by atoms with E-state index in [9.17, 15) is 4.79 Å². The van der Waals surface area contributed by atoms with Gasteiger partial charge in [-0.3, -0.25) is 0 Å². The van der Waals surface area contributed by atoms with Crippen molar-refractivity contribution in [1.82, 2.24) is 0 Å². The Morgan fingerprint density at radius 3 is 2.23 bits per heavy atom. The van der Waals surface area contributed by atoms with Gasteiger partial charge in [-0.05, 0) is 36.1 Å². The van der Waals surface area contributed by atoms with Crippen LogP contribution in [0.5, 0.6) is 5.75 Å². The van der Waals surface area contributed by atoms with Crippen LogP contribution in [0.25, 0.3) is 0 Å². The molecule has 0 atom stereocenters. The molecule has 2 aromatic rings. The monoisotopic (exact) mass is 298 g/mol. The van der Waals surface area contributed by atoms with Crippen molar-refractivity contribution in [3.8, 4) is 5.75 Å². The second-order valence-corrected chi connectivity index (χ2v) is 4.97. The number of benzene rings is 2. The second-order valence-electron chi connectivity index (χ2n) is 4.97. The van der Waals surface area contributed by atoms with Crippen LogP contribution in [0.1, 0.15) is 25.0 Å². The summed E-state index contributed by atoms with van der Waals surface area (Å²) in [5, 5.41) is 5.81. The first-order valence-electron chi connectivity index (χ1n) is 7.50. The predicted octanol–water partition coefficient (Wildman–Crippen LogP) is 4.46. The van der Waals surface area contributed by atoms with Gasteiger partial charge < -0.3 is 15.4 Å². The maximum atomic E-state index is 12.3.